The SMILES string of the molecule is CCc1cnc(CC(=O)NC2(CO)CC3CCC2CC3)[nH]1. The number of aromatic amines is 1. The molecule has 0 radical (unpaired) electrons. The van der Waals surface area contributed by atoms with Crippen molar-refractivity contribution in [2.75, 3.05) is 6.61 Å². The maximum atomic E-state index is 12.3. The van der Waals surface area contributed by atoms with Gasteiger partial charge in [0.25, 0.3) is 0 Å². The van der Waals surface area contributed by atoms with Crippen molar-refractivity contribution in [3.05, 3.63) is 17.7 Å². The fourth-order valence-electron chi connectivity index (χ4n) is 4.14. The second kappa shape index (κ2) is 5.79. The van der Waals surface area contributed by atoms with Gasteiger partial charge in [-0.25, -0.2) is 4.98 Å². The number of H-pyrrole nitrogens is 1. The van der Waals surface area contributed by atoms with Gasteiger partial charge in [0, 0.05) is 11.9 Å². The molecule has 0 saturated heterocycles. The van der Waals surface area contributed by atoms with Crippen LogP contribution in [0.2, 0.25) is 0 Å². The molecular weight excluding hydrogens is 266 g/mol. The van der Waals surface area contributed by atoms with E-state index in [-0.39, 0.29) is 18.9 Å². The molecule has 0 spiro atoms. The minimum absolute atomic E-state index is 0.0337. The van der Waals surface area contributed by atoms with E-state index in [4.69, 9.17) is 0 Å². The van der Waals surface area contributed by atoms with Crippen LogP contribution >= 0.6 is 0 Å². The summed E-state index contributed by atoms with van der Waals surface area (Å²) in [5.74, 6) is 1.77. The number of carbonyl (C=O) groups excluding carboxylic acids is 1. The highest BCUT2D eigenvalue weighted by Crippen LogP contribution is 2.47. The first-order chi connectivity index (χ1) is 10.1. The van der Waals surface area contributed by atoms with Crippen LogP contribution in [0.15, 0.2) is 6.20 Å². The molecule has 5 heteroatoms. The van der Waals surface area contributed by atoms with Crippen LogP contribution in [0, 0.1) is 11.8 Å². The summed E-state index contributed by atoms with van der Waals surface area (Å²) in [6.07, 6.45) is 8.63. The van der Waals surface area contributed by atoms with Crippen molar-refractivity contribution in [3.8, 4) is 0 Å². The van der Waals surface area contributed by atoms with Crippen molar-refractivity contribution in [2.24, 2.45) is 11.8 Å². The van der Waals surface area contributed by atoms with Crippen LogP contribution in [0.5, 0.6) is 0 Å². The van der Waals surface area contributed by atoms with Crippen LogP contribution in [0.3, 0.4) is 0 Å². The Balaban J connectivity index is 1.65. The van der Waals surface area contributed by atoms with Crippen molar-refractivity contribution in [1.82, 2.24) is 15.3 Å². The lowest BCUT2D eigenvalue weighted by Crippen LogP contribution is -2.61. The molecule has 2 bridgehead atoms. The predicted octanol–water partition coefficient (Wildman–Crippen LogP) is 1.57. The molecular formula is C16H25N3O2. The number of carbonyl (C=O) groups is 1. The van der Waals surface area contributed by atoms with E-state index in [1.54, 1.807) is 6.20 Å². The largest absolute Gasteiger partial charge is 0.394 e. The third kappa shape index (κ3) is 2.84. The lowest BCUT2D eigenvalue weighted by atomic mass is 9.60. The topological polar surface area (TPSA) is 78.0 Å². The van der Waals surface area contributed by atoms with E-state index in [1.165, 1.54) is 12.8 Å². The molecule has 1 aromatic heterocycles. The summed E-state index contributed by atoms with van der Waals surface area (Å²) >= 11 is 0. The number of aliphatic hydroxyl groups excluding tert-OH is 1. The number of nitrogens with one attached hydrogen (secondary N) is 2. The van der Waals surface area contributed by atoms with Crippen molar-refractivity contribution in [3.63, 3.8) is 0 Å². The monoisotopic (exact) mass is 291 g/mol. The van der Waals surface area contributed by atoms with Gasteiger partial charge in [0.05, 0.1) is 18.6 Å². The van der Waals surface area contributed by atoms with Gasteiger partial charge in [-0.2, -0.15) is 0 Å². The van der Waals surface area contributed by atoms with E-state index in [0.717, 1.165) is 31.4 Å². The quantitative estimate of drug-likeness (QED) is 0.770. The van der Waals surface area contributed by atoms with Crippen molar-refractivity contribution in [1.29, 1.82) is 0 Å². The number of hydrogen-bond donors (Lipinski definition) is 3. The lowest BCUT2D eigenvalue weighted by Gasteiger charge is -2.51. The molecule has 4 rings (SSSR count). The minimum Gasteiger partial charge on any atom is -0.394 e. The van der Waals surface area contributed by atoms with E-state index >= 15 is 0 Å². The van der Waals surface area contributed by atoms with Crippen LogP contribution in [0.4, 0.5) is 0 Å². The fraction of sp³-hybridized carbons (Fsp3) is 0.750. The summed E-state index contributed by atoms with van der Waals surface area (Å²) in [6, 6.07) is 0. The molecule has 1 atom stereocenters. The molecule has 1 aromatic rings. The maximum absolute atomic E-state index is 12.3. The van der Waals surface area contributed by atoms with Gasteiger partial charge in [-0.3, -0.25) is 4.79 Å². The van der Waals surface area contributed by atoms with E-state index in [0.29, 0.717) is 17.7 Å². The van der Waals surface area contributed by atoms with Gasteiger partial charge in [-0.15, -0.1) is 0 Å². The van der Waals surface area contributed by atoms with Crippen molar-refractivity contribution in [2.45, 2.75) is 57.4 Å². The maximum Gasteiger partial charge on any atom is 0.228 e. The molecule has 3 saturated carbocycles. The number of imidazole rings is 1. The van der Waals surface area contributed by atoms with Crippen LogP contribution < -0.4 is 5.32 Å². The highest BCUT2D eigenvalue weighted by Gasteiger charge is 2.47. The van der Waals surface area contributed by atoms with E-state index < -0.39 is 5.54 Å². The first-order valence-electron chi connectivity index (χ1n) is 8.10. The Morgan fingerprint density at radius 1 is 1.48 bits per heavy atom. The normalized spacial score (nSPS) is 31.3. The molecule has 1 unspecified atom stereocenters. The van der Waals surface area contributed by atoms with Gasteiger partial charge in [-0.05, 0) is 37.5 Å². The lowest BCUT2D eigenvalue weighted by molar-refractivity contribution is -0.126. The Morgan fingerprint density at radius 2 is 2.24 bits per heavy atom. The molecule has 3 aliphatic carbocycles. The zero-order valence-corrected chi connectivity index (χ0v) is 12.7. The number of fused-ring (bicyclic) bond motifs is 3. The molecule has 5 nitrogen and oxygen atoms in total. The Kier molecular flexibility index (Phi) is 4.02. The number of amides is 1. The average molecular weight is 291 g/mol. The molecule has 21 heavy (non-hydrogen) atoms. The zero-order chi connectivity index (χ0) is 14.9. The summed E-state index contributed by atoms with van der Waals surface area (Å²) in [4.78, 5) is 19.7. The molecule has 3 aliphatic rings. The Hall–Kier alpha value is -1.36. The van der Waals surface area contributed by atoms with Gasteiger partial charge in [0.2, 0.25) is 5.91 Å². The summed E-state index contributed by atoms with van der Waals surface area (Å²) < 4.78 is 0. The third-order valence-corrected chi connectivity index (χ3v) is 5.34. The zero-order valence-electron chi connectivity index (χ0n) is 12.7. The average Bonchev–Trinajstić information content (AvgIpc) is 2.95. The Labute approximate surface area is 125 Å². The van der Waals surface area contributed by atoms with E-state index in [2.05, 4.69) is 22.2 Å². The second-order valence-electron chi connectivity index (χ2n) is 6.67. The van der Waals surface area contributed by atoms with Gasteiger partial charge in [0.15, 0.2) is 0 Å². The van der Waals surface area contributed by atoms with E-state index in [1.807, 2.05) is 0 Å². The van der Waals surface area contributed by atoms with Gasteiger partial charge in [-0.1, -0.05) is 19.8 Å². The van der Waals surface area contributed by atoms with Crippen LogP contribution in [-0.2, 0) is 17.6 Å². The molecule has 1 heterocycles. The van der Waals surface area contributed by atoms with Gasteiger partial charge < -0.3 is 15.4 Å². The summed E-state index contributed by atoms with van der Waals surface area (Å²) in [5.41, 5.74) is 0.657. The van der Waals surface area contributed by atoms with Crippen LogP contribution in [-0.4, -0.2) is 33.1 Å². The second-order valence-corrected chi connectivity index (χ2v) is 6.67. The molecule has 3 fully saturated rings. The number of aliphatic hydroxyl groups is 1. The number of nitrogens with zero attached hydrogens (tertiary/aromatic N) is 1. The third-order valence-electron chi connectivity index (χ3n) is 5.34. The summed E-state index contributed by atoms with van der Waals surface area (Å²) in [5, 5.41) is 13.0. The minimum atomic E-state index is -0.390. The van der Waals surface area contributed by atoms with Gasteiger partial charge in [0.1, 0.15) is 5.82 Å². The first-order valence-corrected chi connectivity index (χ1v) is 8.10. The fourth-order valence-corrected chi connectivity index (χ4v) is 4.14. The standard InChI is InChI=1S/C16H25N3O2/c1-2-13-9-17-14(18-13)7-15(21)19-16(10-20)8-11-3-5-12(16)6-4-11/h9,11-12,20H,2-8,10H2,1H3,(H,17,18)(H,19,21). The van der Waals surface area contributed by atoms with E-state index in [9.17, 15) is 9.90 Å². The molecule has 0 aliphatic heterocycles. The number of hydrogen-bond acceptors (Lipinski definition) is 3. The molecule has 3 N–H and O–H groups in total. The van der Waals surface area contributed by atoms with Crippen molar-refractivity contribution < 1.29 is 9.90 Å². The summed E-state index contributed by atoms with van der Waals surface area (Å²) in [7, 11) is 0. The predicted molar refractivity (Wildman–Crippen MR) is 79.7 cm³/mol. The Bertz CT molecular complexity index is 505. The molecule has 1 amide bonds. The highest BCUT2D eigenvalue weighted by molar-refractivity contribution is 5.78. The van der Waals surface area contributed by atoms with Crippen LogP contribution in [0.25, 0.3) is 0 Å². The Morgan fingerprint density at radius 3 is 2.76 bits per heavy atom. The smallest absolute Gasteiger partial charge is 0.228 e. The van der Waals surface area contributed by atoms with Crippen molar-refractivity contribution >= 4 is 5.91 Å². The number of aryl methyl sites for hydroxylation is 1. The molecule has 0 aromatic carbocycles. The summed E-state index contributed by atoms with van der Waals surface area (Å²) in [6.45, 7) is 2.11. The number of aromatic nitrogens is 2. The molecule has 116 valence electrons. The number of rotatable bonds is 5. The van der Waals surface area contributed by atoms with Gasteiger partial charge >= 0.3 is 0 Å². The van der Waals surface area contributed by atoms with Crippen LogP contribution in [0.1, 0.15) is 50.5 Å². The first kappa shape index (κ1) is 14.6. The highest BCUT2D eigenvalue weighted by atomic mass is 16.3.